The molecule has 0 radical (unpaired) electrons. The molecule has 0 N–H and O–H groups in total. The number of hydrogen-bond donors (Lipinski definition) is 0. The van der Waals surface area contributed by atoms with Crippen molar-refractivity contribution in [2.45, 2.75) is 0 Å². The van der Waals surface area contributed by atoms with Crippen LogP contribution in [0.3, 0.4) is 0 Å². The Hall–Kier alpha value is -6.22. The van der Waals surface area contributed by atoms with Crippen molar-refractivity contribution in [2.24, 2.45) is 0 Å². The van der Waals surface area contributed by atoms with Crippen LogP contribution in [0.5, 0.6) is 0 Å². The summed E-state index contributed by atoms with van der Waals surface area (Å²) in [7, 11) is 0. The maximum absolute atomic E-state index is 6.73. The van der Waals surface area contributed by atoms with Crippen molar-refractivity contribution in [2.75, 3.05) is 0 Å². The van der Waals surface area contributed by atoms with Crippen LogP contribution in [0.4, 0.5) is 0 Å². The second kappa shape index (κ2) is 10.6. The number of benzene rings is 9. The van der Waals surface area contributed by atoms with Gasteiger partial charge >= 0.3 is 0 Å². The summed E-state index contributed by atoms with van der Waals surface area (Å²) in [5.74, 6) is 0. The third-order valence-electron chi connectivity index (χ3n) is 10.5. The van der Waals surface area contributed by atoms with Gasteiger partial charge in [0.25, 0.3) is 0 Å². The normalized spacial score (nSPS) is 12.0. The lowest BCUT2D eigenvalue weighted by Crippen LogP contribution is -1.91. The van der Waals surface area contributed by atoms with E-state index in [1.807, 2.05) is 11.3 Å². The van der Waals surface area contributed by atoms with Gasteiger partial charge in [0.05, 0.1) is 0 Å². The van der Waals surface area contributed by atoms with Crippen LogP contribution in [0.15, 0.2) is 174 Å². The van der Waals surface area contributed by atoms with Gasteiger partial charge in [-0.1, -0.05) is 140 Å². The highest BCUT2D eigenvalue weighted by atomic mass is 32.1. The van der Waals surface area contributed by atoms with Crippen LogP contribution in [0.25, 0.3) is 108 Å². The maximum atomic E-state index is 6.73. The zero-order chi connectivity index (χ0) is 32.8. The average molecular weight is 653 g/mol. The lowest BCUT2D eigenvalue weighted by Gasteiger charge is -2.18. The summed E-state index contributed by atoms with van der Waals surface area (Å²) in [6.07, 6.45) is 0. The monoisotopic (exact) mass is 652 g/mol. The smallest absolute Gasteiger partial charge is 0.136 e. The molecular weight excluding hydrogens is 625 g/mol. The summed E-state index contributed by atoms with van der Waals surface area (Å²) >= 11 is 1.86. The number of hydrogen-bond acceptors (Lipinski definition) is 2. The predicted molar refractivity (Wildman–Crippen MR) is 215 cm³/mol. The van der Waals surface area contributed by atoms with Crippen molar-refractivity contribution >= 4 is 85.8 Å². The first-order valence-electron chi connectivity index (χ1n) is 17.1. The minimum absolute atomic E-state index is 0.912. The van der Waals surface area contributed by atoms with E-state index in [0.717, 1.165) is 22.1 Å². The van der Waals surface area contributed by atoms with Crippen molar-refractivity contribution in [3.63, 3.8) is 0 Å². The molecule has 0 aliphatic carbocycles. The minimum Gasteiger partial charge on any atom is -0.456 e. The molecule has 1 nitrogen and oxygen atoms in total. The highest BCUT2D eigenvalue weighted by molar-refractivity contribution is 7.26. The Morgan fingerprint density at radius 1 is 0.320 bits per heavy atom. The second-order valence-electron chi connectivity index (χ2n) is 13.2. The molecule has 0 saturated heterocycles. The molecule has 11 rings (SSSR count). The molecule has 0 bridgehead atoms. The molecule has 0 aliphatic rings. The number of thiophene rings is 1. The maximum Gasteiger partial charge on any atom is 0.136 e. The fourth-order valence-electron chi connectivity index (χ4n) is 8.26. The zero-order valence-corrected chi connectivity index (χ0v) is 27.8. The Kier molecular flexibility index (Phi) is 5.89. The molecule has 0 fully saturated rings. The third-order valence-corrected chi connectivity index (χ3v) is 11.6. The largest absolute Gasteiger partial charge is 0.456 e. The molecule has 50 heavy (non-hydrogen) atoms. The van der Waals surface area contributed by atoms with Gasteiger partial charge in [0.15, 0.2) is 0 Å². The van der Waals surface area contributed by atoms with Crippen molar-refractivity contribution < 1.29 is 4.42 Å². The Bertz CT molecular complexity index is 3070. The molecule has 11 aromatic rings. The predicted octanol–water partition coefficient (Wildman–Crippen LogP) is 14.4. The van der Waals surface area contributed by atoms with Crippen molar-refractivity contribution in [1.82, 2.24) is 0 Å². The van der Waals surface area contributed by atoms with E-state index < -0.39 is 0 Å². The standard InChI is InChI=1S/C48H28OS/c1-2-10-29(11-3-1)30-18-20-31(21-19-30)44-34-12-4-6-14-36(34)45(37-15-7-5-13-35(37)44)33-22-25-38-41(28-33)49-40-26-23-32-24-27-43-48(46(32)47(38)40)39-16-8-9-17-42(39)50-43/h1-28H. The van der Waals surface area contributed by atoms with Gasteiger partial charge in [0.2, 0.25) is 0 Å². The molecule has 0 atom stereocenters. The van der Waals surface area contributed by atoms with Crippen LogP contribution in [0.1, 0.15) is 0 Å². The second-order valence-corrected chi connectivity index (χ2v) is 14.3. The quantitative estimate of drug-likeness (QED) is 0.173. The molecule has 2 aromatic heterocycles. The molecule has 9 aromatic carbocycles. The first-order chi connectivity index (χ1) is 24.8. The van der Waals surface area contributed by atoms with Crippen molar-refractivity contribution in [1.29, 1.82) is 0 Å². The lowest BCUT2D eigenvalue weighted by molar-refractivity contribution is 0.669. The van der Waals surface area contributed by atoms with Crippen LogP contribution in [0.2, 0.25) is 0 Å². The van der Waals surface area contributed by atoms with E-state index in [-0.39, 0.29) is 0 Å². The molecule has 0 aliphatic heterocycles. The minimum atomic E-state index is 0.912. The Morgan fingerprint density at radius 2 is 0.880 bits per heavy atom. The van der Waals surface area contributed by atoms with Crippen molar-refractivity contribution in [3.05, 3.63) is 170 Å². The number of fused-ring (bicyclic) bond motifs is 11. The number of furan rings is 1. The Labute approximate surface area is 292 Å². The summed E-state index contributed by atoms with van der Waals surface area (Å²) in [5, 5.41) is 12.5. The topological polar surface area (TPSA) is 13.1 Å². The van der Waals surface area contributed by atoms with E-state index in [0.29, 0.717) is 0 Å². The lowest BCUT2D eigenvalue weighted by atomic mass is 9.85. The summed E-state index contributed by atoms with van der Waals surface area (Å²) in [5.41, 5.74) is 9.17. The van der Waals surface area contributed by atoms with Gasteiger partial charge in [-0.15, -0.1) is 11.3 Å². The van der Waals surface area contributed by atoms with E-state index >= 15 is 0 Å². The molecule has 0 unspecified atom stereocenters. The Morgan fingerprint density at radius 3 is 1.60 bits per heavy atom. The summed E-state index contributed by atoms with van der Waals surface area (Å²) < 4.78 is 9.35. The first-order valence-corrected chi connectivity index (χ1v) is 17.9. The van der Waals surface area contributed by atoms with Gasteiger partial charge in [0, 0.05) is 36.3 Å². The van der Waals surface area contributed by atoms with Crippen LogP contribution >= 0.6 is 11.3 Å². The van der Waals surface area contributed by atoms with E-state index in [1.54, 1.807) is 0 Å². The van der Waals surface area contributed by atoms with E-state index in [4.69, 9.17) is 4.42 Å². The summed E-state index contributed by atoms with van der Waals surface area (Å²) in [6, 6.07) is 61.8. The van der Waals surface area contributed by atoms with Gasteiger partial charge in [-0.25, -0.2) is 0 Å². The molecule has 0 saturated carbocycles. The van der Waals surface area contributed by atoms with E-state index in [2.05, 4.69) is 170 Å². The van der Waals surface area contributed by atoms with Crippen LogP contribution in [0, 0.1) is 0 Å². The van der Waals surface area contributed by atoms with E-state index in [9.17, 15) is 0 Å². The van der Waals surface area contributed by atoms with Crippen LogP contribution in [-0.4, -0.2) is 0 Å². The molecule has 232 valence electrons. The first kappa shape index (κ1) is 27.7. The Balaban J connectivity index is 1.15. The molecule has 2 heteroatoms. The fourth-order valence-corrected chi connectivity index (χ4v) is 9.38. The summed E-state index contributed by atoms with van der Waals surface area (Å²) in [4.78, 5) is 0. The number of rotatable bonds is 3. The van der Waals surface area contributed by atoms with Gasteiger partial charge in [-0.05, 0) is 90.6 Å². The highest BCUT2D eigenvalue weighted by Gasteiger charge is 2.20. The van der Waals surface area contributed by atoms with Gasteiger partial charge in [-0.2, -0.15) is 0 Å². The fraction of sp³-hybridized carbons (Fsp3) is 0. The van der Waals surface area contributed by atoms with E-state index in [1.165, 1.54) is 85.7 Å². The summed E-state index contributed by atoms with van der Waals surface area (Å²) in [6.45, 7) is 0. The molecule has 0 amide bonds. The van der Waals surface area contributed by atoms with Gasteiger partial charge in [-0.3, -0.25) is 0 Å². The van der Waals surface area contributed by atoms with Crippen molar-refractivity contribution in [3.8, 4) is 33.4 Å². The zero-order valence-electron chi connectivity index (χ0n) is 27.0. The third kappa shape index (κ3) is 4.00. The average Bonchev–Trinajstić information content (AvgIpc) is 3.75. The highest BCUT2D eigenvalue weighted by Crippen LogP contribution is 2.47. The van der Waals surface area contributed by atoms with Crippen LogP contribution in [-0.2, 0) is 0 Å². The molecular formula is C48H28OS. The molecule has 2 heterocycles. The molecule has 0 spiro atoms. The van der Waals surface area contributed by atoms with Crippen LogP contribution < -0.4 is 0 Å². The van der Waals surface area contributed by atoms with Gasteiger partial charge in [0.1, 0.15) is 11.2 Å². The SMILES string of the molecule is c1ccc(-c2ccc(-c3c4ccccc4c(-c4ccc5c(c4)oc4ccc6ccc7sc8ccccc8c7c6c45)c4ccccc34)cc2)cc1. The van der Waals surface area contributed by atoms with Gasteiger partial charge < -0.3 is 4.42 Å².